The molecule has 0 amide bonds. The first kappa shape index (κ1) is 15.3. The van der Waals surface area contributed by atoms with Gasteiger partial charge in [0.25, 0.3) is 5.69 Å². The number of ether oxygens (including phenoxy) is 1. The number of hydrogen-bond donors (Lipinski definition) is 0. The van der Waals surface area contributed by atoms with E-state index < -0.39 is 16.7 Å². The number of nitro benzene ring substituents is 1. The van der Waals surface area contributed by atoms with Crippen LogP contribution in [0.15, 0.2) is 55.1 Å². The normalized spacial score (nSPS) is 10.4. The average molecular weight is 328 g/mol. The smallest absolute Gasteiger partial charge is 0.343 e. The molecule has 0 atom stereocenters. The summed E-state index contributed by atoms with van der Waals surface area (Å²) in [5.74, 6) is -1.88. The van der Waals surface area contributed by atoms with Gasteiger partial charge in [-0.25, -0.2) is 18.9 Å². The number of esters is 1. The van der Waals surface area contributed by atoms with Crippen molar-refractivity contribution in [2.75, 3.05) is 0 Å². The summed E-state index contributed by atoms with van der Waals surface area (Å²) in [5.41, 5.74) is -0.308. The second kappa shape index (κ2) is 6.24. The fourth-order valence-corrected chi connectivity index (χ4v) is 2.01. The molecule has 0 bridgehead atoms. The Bertz CT molecular complexity index is 912. The van der Waals surface area contributed by atoms with E-state index in [-0.39, 0.29) is 22.7 Å². The molecule has 0 saturated carbocycles. The van der Waals surface area contributed by atoms with E-state index in [1.54, 1.807) is 0 Å². The van der Waals surface area contributed by atoms with Crippen molar-refractivity contribution in [3.05, 3.63) is 76.6 Å². The van der Waals surface area contributed by atoms with E-state index in [9.17, 15) is 19.3 Å². The quantitative estimate of drug-likeness (QED) is 0.316. The largest absolute Gasteiger partial charge is 0.420 e. The van der Waals surface area contributed by atoms with Crippen LogP contribution in [0.3, 0.4) is 0 Å². The molecule has 1 heterocycles. The molecule has 8 nitrogen and oxygen atoms in total. The van der Waals surface area contributed by atoms with E-state index in [4.69, 9.17) is 4.74 Å². The fraction of sp³-hybridized carbons (Fsp3) is 0. The number of carbonyl (C=O) groups is 1. The van der Waals surface area contributed by atoms with Gasteiger partial charge in [0, 0.05) is 6.07 Å². The summed E-state index contributed by atoms with van der Waals surface area (Å²) in [6.07, 6.45) is 2.52. The van der Waals surface area contributed by atoms with Gasteiger partial charge in [-0.05, 0) is 24.3 Å². The Balaban J connectivity index is 1.94. The van der Waals surface area contributed by atoms with Crippen molar-refractivity contribution >= 4 is 11.7 Å². The van der Waals surface area contributed by atoms with Crippen LogP contribution >= 0.6 is 0 Å². The molecule has 0 radical (unpaired) electrons. The van der Waals surface area contributed by atoms with Crippen molar-refractivity contribution in [2.24, 2.45) is 0 Å². The number of nitrogens with zero attached hydrogens (tertiary/aromatic N) is 4. The van der Waals surface area contributed by atoms with Crippen LogP contribution in [0.2, 0.25) is 0 Å². The van der Waals surface area contributed by atoms with Crippen molar-refractivity contribution in [3.63, 3.8) is 0 Å². The van der Waals surface area contributed by atoms with Crippen LogP contribution in [0.1, 0.15) is 10.4 Å². The van der Waals surface area contributed by atoms with Gasteiger partial charge in [0.15, 0.2) is 11.6 Å². The maximum absolute atomic E-state index is 13.5. The van der Waals surface area contributed by atoms with Gasteiger partial charge < -0.3 is 4.74 Å². The predicted octanol–water partition coefficient (Wildman–Crippen LogP) is 2.53. The van der Waals surface area contributed by atoms with Crippen LogP contribution in [-0.2, 0) is 0 Å². The molecule has 3 rings (SSSR count). The molecule has 0 N–H and O–H groups in total. The SMILES string of the molecule is O=C(Oc1ccccc1F)c1ccc(-n2cncn2)c([N+](=O)[O-])c1. The fourth-order valence-electron chi connectivity index (χ4n) is 2.01. The van der Waals surface area contributed by atoms with Crippen molar-refractivity contribution in [2.45, 2.75) is 0 Å². The second-order valence-electron chi connectivity index (χ2n) is 4.62. The van der Waals surface area contributed by atoms with Gasteiger partial charge in [0.2, 0.25) is 0 Å². The van der Waals surface area contributed by atoms with Crippen molar-refractivity contribution in [1.82, 2.24) is 14.8 Å². The minimum atomic E-state index is -0.909. The standard InChI is InChI=1S/C15H9FN4O4/c16-11-3-1-2-4-14(11)24-15(21)10-5-6-12(13(7-10)20(22)23)19-9-17-8-18-19/h1-9H. The van der Waals surface area contributed by atoms with E-state index in [1.807, 2.05) is 0 Å². The molecule has 0 aliphatic heterocycles. The van der Waals surface area contributed by atoms with Crippen LogP contribution in [0, 0.1) is 15.9 Å². The van der Waals surface area contributed by atoms with Crippen LogP contribution in [0.25, 0.3) is 5.69 Å². The minimum absolute atomic E-state index is 0.0891. The Morgan fingerprint density at radius 2 is 2.04 bits per heavy atom. The molecule has 0 saturated heterocycles. The van der Waals surface area contributed by atoms with Crippen LogP contribution in [0.4, 0.5) is 10.1 Å². The third-order valence-electron chi connectivity index (χ3n) is 3.11. The van der Waals surface area contributed by atoms with Gasteiger partial charge in [-0.1, -0.05) is 12.1 Å². The van der Waals surface area contributed by atoms with Crippen molar-refractivity contribution in [1.29, 1.82) is 0 Å². The number of rotatable bonds is 4. The van der Waals surface area contributed by atoms with Crippen LogP contribution < -0.4 is 4.74 Å². The molecule has 1 aromatic heterocycles. The lowest BCUT2D eigenvalue weighted by atomic mass is 10.1. The molecule has 120 valence electrons. The third kappa shape index (κ3) is 2.95. The van der Waals surface area contributed by atoms with Gasteiger partial charge in [0.1, 0.15) is 18.3 Å². The van der Waals surface area contributed by atoms with E-state index in [1.165, 1.54) is 47.7 Å². The number of para-hydroxylation sites is 1. The highest BCUT2D eigenvalue weighted by Gasteiger charge is 2.21. The monoisotopic (exact) mass is 328 g/mol. The van der Waals surface area contributed by atoms with E-state index in [0.29, 0.717) is 0 Å². The Morgan fingerprint density at radius 3 is 2.71 bits per heavy atom. The molecule has 24 heavy (non-hydrogen) atoms. The Hall–Kier alpha value is -3.62. The second-order valence-corrected chi connectivity index (χ2v) is 4.62. The maximum Gasteiger partial charge on any atom is 0.343 e. The lowest BCUT2D eigenvalue weighted by molar-refractivity contribution is -0.384. The predicted molar refractivity (Wildman–Crippen MR) is 79.4 cm³/mol. The van der Waals surface area contributed by atoms with Gasteiger partial charge in [-0.3, -0.25) is 10.1 Å². The lowest BCUT2D eigenvalue weighted by Gasteiger charge is -2.07. The van der Waals surface area contributed by atoms with E-state index in [0.717, 1.165) is 12.1 Å². The first-order chi connectivity index (χ1) is 11.6. The first-order valence-electron chi connectivity index (χ1n) is 6.66. The molecule has 3 aromatic rings. The van der Waals surface area contributed by atoms with E-state index >= 15 is 0 Å². The summed E-state index contributed by atoms with van der Waals surface area (Å²) < 4.78 is 19.6. The van der Waals surface area contributed by atoms with Gasteiger partial charge in [-0.15, -0.1) is 0 Å². The zero-order valence-corrected chi connectivity index (χ0v) is 12.0. The average Bonchev–Trinajstić information content (AvgIpc) is 3.10. The van der Waals surface area contributed by atoms with Gasteiger partial charge in [-0.2, -0.15) is 5.10 Å². The van der Waals surface area contributed by atoms with Crippen molar-refractivity contribution < 1.29 is 18.8 Å². The minimum Gasteiger partial charge on any atom is -0.420 e. The summed E-state index contributed by atoms with van der Waals surface area (Å²) in [7, 11) is 0. The molecule has 0 aliphatic rings. The number of hydrogen-bond acceptors (Lipinski definition) is 6. The molecule has 2 aromatic carbocycles. The van der Waals surface area contributed by atoms with Gasteiger partial charge in [0.05, 0.1) is 10.5 Å². The molecule has 0 unspecified atom stereocenters. The molecular weight excluding hydrogens is 319 g/mol. The highest BCUT2D eigenvalue weighted by Crippen LogP contribution is 2.25. The summed E-state index contributed by atoms with van der Waals surface area (Å²) in [4.78, 5) is 26.4. The summed E-state index contributed by atoms with van der Waals surface area (Å²) in [5, 5.41) is 15.1. The van der Waals surface area contributed by atoms with Gasteiger partial charge >= 0.3 is 5.97 Å². The molecule has 0 spiro atoms. The third-order valence-corrected chi connectivity index (χ3v) is 3.11. The number of carbonyl (C=O) groups excluding carboxylic acids is 1. The summed E-state index contributed by atoms with van der Waals surface area (Å²) >= 11 is 0. The Kier molecular flexibility index (Phi) is 3.98. The van der Waals surface area contributed by atoms with Crippen LogP contribution in [-0.4, -0.2) is 25.7 Å². The summed E-state index contributed by atoms with van der Waals surface area (Å²) in [6, 6.07) is 9.08. The summed E-state index contributed by atoms with van der Waals surface area (Å²) in [6.45, 7) is 0. The highest BCUT2D eigenvalue weighted by atomic mass is 19.1. The number of aromatic nitrogens is 3. The van der Waals surface area contributed by atoms with E-state index in [2.05, 4.69) is 10.1 Å². The first-order valence-corrected chi connectivity index (χ1v) is 6.66. The highest BCUT2D eigenvalue weighted by molar-refractivity contribution is 5.92. The lowest BCUT2D eigenvalue weighted by Crippen LogP contribution is -2.11. The topological polar surface area (TPSA) is 100 Å². The Labute approximate surface area is 134 Å². The molecule has 0 aliphatic carbocycles. The van der Waals surface area contributed by atoms with Crippen molar-refractivity contribution in [3.8, 4) is 11.4 Å². The maximum atomic E-state index is 13.5. The molecule has 0 fully saturated rings. The number of benzene rings is 2. The Morgan fingerprint density at radius 1 is 1.25 bits per heavy atom. The zero-order valence-electron chi connectivity index (χ0n) is 12.0. The molecular formula is C15H9FN4O4. The number of halogens is 1. The van der Waals surface area contributed by atoms with Crippen LogP contribution in [0.5, 0.6) is 5.75 Å². The zero-order chi connectivity index (χ0) is 17.1. The number of nitro groups is 1. The molecule has 9 heteroatoms.